The first-order valence-corrected chi connectivity index (χ1v) is 20.7. The Morgan fingerprint density at radius 3 is 2.11 bits per heavy atom. The molecular formula is C47H52N6O2. The smallest absolute Gasteiger partial charge is 0.411 e. The van der Waals surface area contributed by atoms with Gasteiger partial charge in [0.2, 0.25) is 0 Å². The fraction of sp³-hybridized carbons (Fsp3) is 0.468. The standard InChI is InChI=1S/C47H52N6O2/c1-50-23-19-44(31-12-6-5-11-29(31)27-38(44)50)32-14-9-15-33-30(32)28-39-46(33,21-24-51(39)2)47-22-25-52(3)42(47)49-40-35(16-10-17-36(40)47)45-20-26-53(43(54)55-4)41(45)48-37-18-8-7-13-34(37)45/h5-18,38-39,41-42,48-49H,19-28H2,1-4H3. The van der Waals surface area contributed by atoms with Crippen molar-refractivity contribution in [3.8, 4) is 0 Å². The van der Waals surface area contributed by atoms with E-state index in [4.69, 9.17) is 4.74 Å². The van der Waals surface area contributed by atoms with Crippen LogP contribution in [0, 0.1) is 0 Å². The number of fused-ring (bicyclic) bond motifs is 13. The van der Waals surface area contributed by atoms with Gasteiger partial charge < -0.3 is 25.2 Å². The molecule has 8 nitrogen and oxygen atoms in total. The van der Waals surface area contributed by atoms with Gasteiger partial charge in [0.15, 0.2) is 0 Å². The van der Waals surface area contributed by atoms with Gasteiger partial charge in [-0.1, -0.05) is 78.9 Å². The van der Waals surface area contributed by atoms with Crippen molar-refractivity contribution in [1.82, 2.24) is 19.6 Å². The number of methoxy groups -OCH3 is 1. The van der Waals surface area contributed by atoms with Crippen LogP contribution in [0.25, 0.3) is 0 Å². The maximum absolute atomic E-state index is 13.3. The maximum atomic E-state index is 13.3. The summed E-state index contributed by atoms with van der Waals surface area (Å²) in [7, 11) is 8.61. The van der Waals surface area contributed by atoms with Gasteiger partial charge in [-0.15, -0.1) is 0 Å². The molecule has 12 rings (SSSR count). The van der Waals surface area contributed by atoms with Gasteiger partial charge in [-0.25, -0.2) is 4.79 Å². The van der Waals surface area contributed by atoms with E-state index >= 15 is 0 Å². The number of likely N-dealkylation sites (N-methyl/N-ethyl adjacent to an activating group) is 3. The summed E-state index contributed by atoms with van der Waals surface area (Å²) in [5, 5.41) is 8.13. The third-order valence-corrected chi connectivity index (χ3v) is 16.9. The van der Waals surface area contributed by atoms with Crippen molar-refractivity contribution >= 4 is 17.5 Å². The molecule has 2 N–H and O–H groups in total. The summed E-state index contributed by atoms with van der Waals surface area (Å²) in [5.41, 5.74) is 13.9. The molecule has 4 aromatic carbocycles. The van der Waals surface area contributed by atoms with Gasteiger partial charge in [0.1, 0.15) is 6.17 Å². The Balaban J connectivity index is 1.08. The topological polar surface area (TPSA) is 63.3 Å². The molecule has 8 heteroatoms. The van der Waals surface area contributed by atoms with Crippen LogP contribution >= 0.6 is 0 Å². The monoisotopic (exact) mass is 732 g/mol. The first-order chi connectivity index (χ1) is 26.8. The second-order valence-corrected chi connectivity index (χ2v) is 18.3. The van der Waals surface area contributed by atoms with E-state index in [0.29, 0.717) is 18.6 Å². The number of para-hydroxylation sites is 2. The van der Waals surface area contributed by atoms with E-state index < -0.39 is 5.41 Å². The van der Waals surface area contributed by atoms with Gasteiger partial charge >= 0.3 is 6.09 Å². The van der Waals surface area contributed by atoms with Crippen LogP contribution in [0.4, 0.5) is 16.2 Å². The average molecular weight is 733 g/mol. The third-order valence-electron chi connectivity index (χ3n) is 16.9. The van der Waals surface area contributed by atoms with E-state index in [1.54, 1.807) is 22.3 Å². The van der Waals surface area contributed by atoms with Gasteiger partial charge in [0.25, 0.3) is 0 Å². The number of hydrogen-bond donors (Lipinski definition) is 2. The van der Waals surface area contributed by atoms with Crippen LogP contribution in [-0.2, 0) is 39.2 Å². The molecule has 0 radical (unpaired) electrons. The van der Waals surface area contributed by atoms with E-state index in [9.17, 15) is 4.79 Å². The minimum atomic E-state index is -0.398. The SMILES string of the molecule is COC(=O)N1CCC2(c3cccc4c3NC3N(C)CCC43C34CCN(C)C3Cc3c(C56CCN(C)C5Cc5ccccc56)cccc34)c3ccccc3NC12. The molecule has 0 aromatic heterocycles. The van der Waals surface area contributed by atoms with Crippen molar-refractivity contribution in [2.45, 2.75) is 84.6 Å². The second-order valence-electron chi connectivity index (χ2n) is 18.3. The van der Waals surface area contributed by atoms with E-state index in [1.807, 2.05) is 4.90 Å². The summed E-state index contributed by atoms with van der Waals surface area (Å²) in [6, 6.07) is 33.7. The van der Waals surface area contributed by atoms with Crippen molar-refractivity contribution < 1.29 is 9.53 Å². The maximum Gasteiger partial charge on any atom is 0.411 e. The van der Waals surface area contributed by atoms with Crippen LogP contribution < -0.4 is 10.6 Å². The number of ether oxygens (including phenoxy) is 1. The first kappa shape index (κ1) is 32.8. The van der Waals surface area contributed by atoms with E-state index in [1.165, 1.54) is 41.5 Å². The molecule has 0 saturated carbocycles. The van der Waals surface area contributed by atoms with Crippen molar-refractivity contribution in [1.29, 1.82) is 0 Å². The Morgan fingerprint density at radius 2 is 1.25 bits per heavy atom. The number of nitrogens with zero attached hydrogens (tertiary/aromatic N) is 4. The number of rotatable bonds is 3. The molecule has 0 bridgehead atoms. The summed E-state index contributed by atoms with van der Waals surface area (Å²) in [4.78, 5) is 23.2. The molecule has 0 spiro atoms. The molecule has 55 heavy (non-hydrogen) atoms. The lowest BCUT2D eigenvalue weighted by Crippen LogP contribution is -2.59. The van der Waals surface area contributed by atoms with Crippen molar-refractivity contribution in [2.24, 2.45) is 0 Å². The zero-order valence-electron chi connectivity index (χ0n) is 32.6. The molecule has 4 aromatic rings. The van der Waals surface area contributed by atoms with E-state index in [-0.39, 0.29) is 34.7 Å². The van der Waals surface area contributed by atoms with Gasteiger partial charge in [-0.2, -0.15) is 0 Å². The largest absolute Gasteiger partial charge is 0.453 e. The molecule has 1 amide bonds. The molecule has 6 heterocycles. The number of likely N-dealkylation sites (tertiary alicyclic amines) is 4. The lowest BCUT2D eigenvalue weighted by atomic mass is 9.54. The van der Waals surface area contributed by atoms with Crippen molar-refractivity contribution in [2.75, 3.05) is 65.1 Å². The third kappa shape index (κ3) is 3.61. The van der Waals surface area contributed by atoms with Gasteiger partial charge in [-0.3, -0.25) is 9.80 Å². The van der Waals surface area contributed by atoms with Gasteiger partial charge in [0, 0.05) is 52.8 Å². The normalized spacial score (nSPS) is 36.4. The highest BCUT2D eigenvalue weighted by atomic mass is 16.5. The van der Waals surface area contributed by atoms with Gasteiger partial charge in [-0.05, 0) is 123 Å². The second kappa shape index (κ2) is 10.9. The molecule has 6 aliphatic heterocycles. The van der Waals surface area contributed by atoms with Crippen LogP contribution in [0.3, 0.4) is 0 Å². The number of carbonyl (C=O) groups excluding carboxylic acids is 1. The number of nitrogens with one attached hydrogen (secondary N) is 2. The minimum absolute atomic E-state index is 0.0304. The fourth-order valence-corrected chi connectivity index (χ4v) is 14.8. The highest BCUT2D eigenvalue weighted by molar-refractivity contribution is 5.80. The molecular weight excluding hydrogens is 681 g/mol. The van der Waals surface area contributed by atoms with Crippen LogP contribution in [0.15, 0.2) is 84.9 Å². The zero-order chi connectivity index (χ0) is 37.1. The van der Waals surface area contributed by atoms with Crippen LogP contribution in [0.1, 0.15) is 70.2 Å². The molecule has 4 saturated heterocycles. The molecule has 4 fully saturated rings. The molecule has 2 aliphatic carbocycles. The predicted molar refractivity (Wildman–Crippen MR) is 216 cm³/mol. The number of benzene rings is 4. The summed E-state index contributed by atoms with van der Waals surface area (Å²) >= 11 is 0. The number of hydrogen-bond acceptors (Lipinski definition) is 7. The lowest BCUT2D eigenvalue weighted by molar-refractivity contribution is 0.120. The van der Waals surface area contributed by atoms with Crippen LogP contribution in [0.2, 0.25) is 0 Å². The summed E-state index contributed by atoms with van der Waals surface area (Å²) < 4.78 is 5.38. The molecule has 8 aliphatic rings. The highest BCUT2D eigenvalue weighted by Crippen LogP contribution is 2.69. The molecule has 8 unspecified atom stereocenters. The Bertz CT molecular complexity index is 2310. The predicted octanol–water partition coefficient (Wildman–Crippen LogP) is 6.27. The Hall–Kier alpha value is -4.37. The quantitative estimate of drug-likeness (QED) is 0.258. The molecule has 8 atom stereocenters. The number of amides is 1. The van der Waals surface area contributed by atoms with E-state index in [2.05, 4.69) is 131 Å². The Morgan fingerprint density at radius 1 is 0.600 bits per heavy atom. The van der Waals surface area contributed by atoms with Crippen LogP contribution in [0.5, 0.6) is 0 Å². The number of anilines is 2. The Labute approximate surface area is 324 Å². The highest BCUT2D eigenvalue weighted by Gasteiger charge is 2.72. The van der Waals surface area contributed by atoms with Crippen molar-refractivity contribution in [3.05, 3.63) is 129 Å². The summed E-state index contributed by atoms with van der Waals surface area (Å²) in [5.74, 6) is 0. The zero-order valence-corrected chi connectivity index (χ0v) is 32.6. The van der Waals surface area contributed by atoms with Crippen molar-refractivity contribution in [3.63, 3.8) is 0 Å². The van der Waals surface area contributed by atoms with Gasteiger partial charge in [0.05, 0.1) is 18.7 Å². The fourth-order valence-electron chi connectivity index (χ4n) is 14.8. The Kier molecular flexibility index (Phi) is 6.52. The average Bonchev–Trinajstić information content (AvgIpc) is 4.08. The minimum Gasteiger partial charge on any atom is -0.453 e. The molecule has 282 valence electrons. The van der Waals surface area contributed by atoms with Crippen LogP contribution in [-0.4, -0.2) is 105 Å². The summed E-state index contributed by atoms with van der Waals surface area (Å²) in [6.07, 6.45) is 6.21. The first-order valence-electron chi connectivity index (χ1n) is 20.7. The number of carbonyl (C=O) groups is 1. The lowest BCUT2D eigenvalue weighted by Gasteiger charge is -2.49. The summed E-state index contributed by atoms with van der Waals surface area (Å²) in [6.45, 7) is 3.96. The van der Waals surface area contributed by atoms with E-state index in [0.717, 1.165) is 57.4 Å².